The van der Waals surface area contributed by atoms with Crippen molar-refractivity contribution in [1.29, 1.82) is 0 Å². The number of nitrogens with zero attached hydrogens (tertiary/aromatic N) is 1. The molecular formula is C11H15BFNO2. The first-order valence-corrected chi connectivity index (χ1v) is 5.70. The van der Waals surface area contributed by atoms with Crippen LogP contribution in [-0.4, -0.2) is 22.2 Å². The Bertz CT molecular complexity index is 367. The number of hydrogen-bond acceptors (Lipinski definition) is 3. The van der Waals surface area contributed by atoms with Gasteiger partial charge in [-0.25, -0.2) is 4.98 Å². The first-order chi connectivity index (χ1) is 7.66. The van der Waals surface area contributed by atoms with E-state index in [2.05, 4.69) is 4.98 Å². The summed E-state index contributed by atoms with van der Waals surface area (Å²) in [6.45, 7) is 0. The molecule has 1 aromatic heterocycles. The zero-order chi connectivity index (χ0) is 11.5. The van der Waals surface area contributed by atoms with Crippen molar-refractivity contribution < 1.29 is 14.4 Å². The Morgan fingerprint density at radius 3 is 2.50 bits per heavy atom. The number of rotatable bonds is 2. The molecule has 0 aromatic carbocycles. The highest BCUT2D eigenvalue weighted by atomic mass is 19.1. The molecule has 0 aliphatic heterocycles. The van der Waals surface area contributed by atoms with Crippen LogP contribution in [0.15, 0.2) is 12.1 Å². The van der Waals surface area contributed by atoms with E-state index >= 15 is 0 Å². The van der Waals surface area contributed by atoms with E-state index in [1.807, 2.05) is 0 Å². The number of aromatic nitrogens is 1. The largest absolute Gasteiger partial charge is 0.488 e. The lowest BCUT2D eigenvalue weighted by atomic mass is 9.78. The van der Waals surface area contributed by atoms with E-state index in [0.717, 1.165) is 31.7 Å². The van der Waals surface area contributed by atoms with Gasteiger partial charge in [0.05, 0.1) is 0 Å². The topological polar surface area (TPSA) is 53.4 Å². The highest BCUT2D eigenvalue weighted by molar-refractivity contribution is 6.58. The van der Waals surface area contributed by atoms with Gasteiger partial charge < -0.3 is 10.0 Å². The highest BCUT2D eigenvalue weighted by Crippen LogP contribution is 2.31. The van der Waals surface area contributed by atoms with Crippen LogP contribution in [0.2, 0.25) is 0 Å². The fraction of sp³-hybridized carbons (Fsp3) is 0.545. The summed E-state index contributed by atoms with van der Waals surface area (Å²) in [6, 6.07) is 2.67. The molecule has 0 saturated heterocycles. The number of hydrogen-bond donors (Lipinski definition) is 2. The van der Waals surface area contributed by atoms with Crippen LogP contribution in [0, 0.1) is 5.95 Å². The van der Waals surface area contributed by atoms with Gasteiger partial charge in [0.1, 0.15) is 0 Å². The van der Waals surface area contributed by atoms with Crippen LogP contribution in [-0.2, 0) is 0 Å². The predicted octanol–water partition coefficient (Wildman–Crippen LogP) is 0.948. The molecule has 0 unspecified atom stereocenters. The maximum absolute atomic E-state index is 13.2. The zero-order valence-corrected chi connectivity index (χ0v) is 9.06. The highest BCUT2D eigenvalue weighted by Gasteiger charge is 2.20. The van der Waals surface area contributed by atoms with Crippen molar-refractivity contribution in [3.05, 3.63) is 23.8 Å². The first-order valence-electron chi connectivity index (χ1n) is 5.70. The quantitative estimate of drug-likeness (QED) is 0.579. The Morgan fingerprint density at radius 1 is 1.19 bits per heavy atom. The molecular weight excluding hydrogens is 208 g/mol. The number of pyridine rings is 1. The van der Waals surface area contributed by atoms with Gasteiger partial charge in [-0.2, -0.15) is 4.39 Å². The van der Waals surface area contributed by atoms with Gasteiger partial charge in [0, 0.05) is 11.6 Å². The third-order valence-electron chi connectivity index (χ3n) is 3.16. The summed E-state index contributed by atoms with van der Waals surface area (Å²) in [5, 5.41) is 18.1. The van der Waals surface area contributed by atoms with Gasteiger partial charge in [-0.15, -0.1) is 0 Å². The van der Waals surface area contributed by atoms with Gasteiger partial charge in [-0.3, -0.25) is 0 Å². The van der Waals surface area contributed by atoms with E-state index in [4.69, 9.17) is 10.0 Å². The average molecular weight is 223 g/mol. The van der Waals surface area contributed by atoms with Gasteiger partial charge >= 0.3 is 7.12 Å². The number of halogens is 1. The lowest BCUT2D eigenvalue weighted by molar-refractivity contribution is 0.421. The molecule has 5 heteroatoms. The maximum Gasteiger partial charge on any atom is 0.488 e. The normalized spacial score (nSPS) is 17.4. The van der Waals surface area contributed by atoms with Crippen molar-refractivity contribution >= 4 is 12.6 Å². The molecule has 86 valence electrons. The Hall–Kier alpha value is -0.935. The van der Waals surface area contributed by atoms with Crippen LogP contribution in [0.4, 0.5) is 4.39 Å². The van der Waals surface area contributed by atoms with E-state index in [9.17, 15) is 4.39 Å². The molecule has 0 amide bonds. The minimum atomic E-state index is -1.63. The van der Waals surface area contributed by atoms with E-state index < -0.39 is 13.1 Å². The van der Waals surface area contributed by atoms with Crippen LogP contribution in [0.1, 0.15) is 43.7 Å². The van der Waals surface area contributed by atoms with Crippen molar-refractivity contribution in [2.45, 2.75) is 38.0 Å². The standard InChI is InChI=1S/C11H15BFNO2/c13-11-7-9(12(15)16)6-10(14-11)8-4-2-1-3-5-8/h6-8,15-16H,1-5H2. The van der Waals surface area contributed by atoms with Gasteiger partial charge in [-0.1, -0.05) is 19.3 Å². The Balaban J connectivity index is 2.25. The summed E-state index contributed by atoms with van der Waals surface area (Å²) >= 11 is 0. The van der Waals surface area contributed by atoms with E-state index in [1.54, 1.807) is 6.07 Å². The lowest BCUT2D eigenvalue weighted by Crippen LogP contribution is -2.31. The summed E-state index contributed by atoms with van der Waals surface area (Å²) in [6.07, 6.45) is 5.52. The van der Waals surface area contributed by atoms with Crippen molar-refractivity contribution in [1.82, 2.24) is 4.98 Å². The molecule has 16 heavy (non-hydrogen) atoms. The molecule has 1 saturated carbocycles. The zero-order valence-electron chi connectivity index (χ0n) is 9.06. The van der Waals surface area contributed by atoms with Crippen molar-refractivity contribution in [2.75, 3.05) is 0 Å². The SMILES string of the molecule is OB(O)c1cc(F)nc(C2CCCCC2)c1. The van der Waals surface area contributed by atoms with Gasteiger partial charge in [-0.05, 0) is 30.4 Å². The lowest BCUT2D eigenvalue weighted by Gasteiger charge is -2.21. The molecule has 0 bridgehead atoms. The second-order valence-electron chi connectivity index (χ2n) is 4.36. The van der Waals surface area contributed by atoms with Crippen LogP contribution in [0.5, 0.6) is 0 Å². The van der Waals surface area contributed by atoms with Crippen LogP contribution < -0.4 is 5.46 Å². The summed E-state index contributed by atoms with van der Waals surface area (Å²) in [4.78, 5) is 3.85. The predicted molar refractivity (Wildman–Crippen MR) is 59.8 cm³/mol. The third-order valence-corrected chi connectivity index (χ3v) is 3.16. The van der Waals surface area contributed by atoms with Gasteiger partial charge in [0.2, 0.25) is 5.95 Å². The van der Waals surface area contributed by atoms with Crippen LogP contribution >= 0.6 is 0 Å². The fourth-order valence-electron chi connectivity index (χ4n) is 2.29. The second kappa shape index (κ2) is 4.93. The summed E-state index contributed by atoms with van der Waals surface area (Å²) in [5.74, 6) is -0.367. The fourth-order valence-corrected chi connectivity index (χ4v) is 2.29. The minimum Gasteiger partial charge on any atom is -0.423 e. The maximum atomic E-state index is 13.2. The minimum absolute atomic E-state index is 0.188. The smallest absolute Gasteiger partial charge is 0.423 e. The molecule has 1 aliphatic carbocycles. The van der Waals surface area contributed by atoms with Crippen LogP contribution in [0.3, 0.4) is 0 Å². The summed E-state index contributed by atoms with van der Waals surface area (Å²) in [5.41, 5.74) is 0.843. The summed E-state index contributed by atoms with van der Waals surface area (Å²) in [7, 11) is -1.63. The Morgan fingerprint density at radius 2 is 1.88 bits per heavy atom. The molecule has 0 spiro atoms. The Kier molecular flexibility index (Phi) is 3.56. The molecule has 1 fully saturated rings. The van der Waals surface area contributed by atoms with Crippen molar-refractivity contribution in [2.24, 2.45) is 0 Å². The first kappa shape index (κ1) is 11.5. The molecule has 0 radical (unpaired) electrons. The molecule has 1 aliphatic rings. The molecule has 1 heterocycles. The summed E-state index contributed by atoms with van der Waals surface area (Å²) < 4.78 is 13.2. The average Bonchev–Trinajstić information content (AvgIpc) is 2.29. The molecule has 0 atom stereocenters. The van der Waals surface area contributed by atoms with Gasteiger partial charge in [0.15, 0.2) is 0 Å². The van der Waals surface area contributed by atoms with Crippen LogP contribution in [0.25, 0.3) is 0 Å². The monoisotopic (exact) mass is 223 g/mol. The Labute approximate surface area is 94.5 Å². The second-order valence-corrected chi connectivity index (χ2v) is 4.36. The molecule has 2 rings (SSSR count). The van der Waals surface area contributed by atoms with E-state index in [-0.39, 0.29) is 11.4 Å². The molecule has 2 N–H and O–H groups in total. The van der Waals surface area contributed by atoms with Gasteiger partial charge in [0.25, 0.3) is 0 Å². The van der Waals surface area contributed by atoms with E-state index in [0.29, 0.717) is 5.69 Å². The third kappa shape index (κ3) is 2.60. The van der Waals surface area contributed by atoms with Crippen molar-refractivity contribution in [3.8, 4) is 0 Å². The molecule has 1 aromatic rings. The van der Waals surface area contributed by atoms with E-state index in [1.165, 1.54) is 6.42 Å². The molecule has 3 nitrogen and oxygen atoms in total. The van der Waals surface area contributed by atoms with Crippen molar-refractivity contribution in [3.63, 3.8) is 0 Å².